The minimum Gasteiger partial charge on any atom is -0.341 e. The Morgan fingerprint density at radius 2 is 1.96 bits per heavy atom. The van der Waals surface area contributed by atoms with E-state index in [-0.39, 0.29) is 11.7 Å². The molecule has 0 aliphatic carbocycles. The van der Waals surface area contributed by atoms with Crippen molar-refractivity contribution < 1.29 is 18.0 Å². The Bertz CT molecular complexity index is 707. The molecule has 0 unspecified atom stereocenters. The summed E-state index contributed by atoms with van der Waals surface area (Å²) in [7, 11) is 1.68. The fraction of sp³-hybridized carbons (Fsp3) is 0.250. The van der Waals surface area contributed by atoms with Crippen LogP contribution in [-0.4, -0.2) is 28.6 Å². The van der Waals surface area contributed by atoms with Crippen molar-refractivity contribution in [3.05, 3.63) is 58.2 Å². The molecule has 0 spiro atoms. The van der Waals surface area contributed by atoms with Crippen molar-refractivity contribution in [3.8, 4) is 0 Å². The molecule has 0 N–H and O–H groups in total. The van der Waals surface area contributed by atoms with Gasteiger partial charge in [-0.1, -0.05) is 45.9 Å². The Morgan fingerprint density at radius 1 is 1.25 bits per heavy atom. The summed E-state index contributed by atoms with van der Waals surface area (Å²) in [6, 6.07) is 9.83. The highest BCUT2D eigenvalue weighted by Crippen LogP contribution is 2.29. The van der Waals surface area contributed by atoms with Gasteiger partial charge in [-0.3, -0.25) is 4.79 Å². The number of rotatable bonds is 5. The third kappa shape index (κ3) is 5.24. The number of hydrogen-bond acceptors (Lipinski definition) is 3. The molecule has 1 aromatic heterocycles. The third-order valence-electron chi connectivity index (χ3n) is 3.20. The number of thioether (sulfide) groups is 1. The molecule has 0 bridgehead atoms. The normalized spacial score (nSPS) is 11.4. The quantitative estimate of drug-likeness (QED) is 0.664. The summed E-state index contributed by atoms with van der Waals surface area (Å²) < 4.78 is 38.3. The van der Waals surface area contributed by atoms with Gasteiger partial charge in [0, 0.05) is 24.3 Å². The molecule has 1 heterocycles. The first kappa shape index (κ1) is 18.8. The summed E-state index contributed by atoms with van der Waals surface area (Å²) in [6.07, 6.45) is -3.63. The van der Waals surface area contributed by atoms with E-state index in [0.717, 1.165) is 34.1 Å². The number of halogens is 4. The van der Waals surface area contributed by atoms with Crippen molar-refractivity contribution in [2.45, 2.75) is 17.7 Å². The van der Waals surface area contributed by atoms with E-state index in [0.29, 0.717) is 11.6 Å². The molecule has 2 aromatic rings. The first-order chi connectivity index (χ1) is 11.3. The van der Waals surface area contributed by atoms with Crippen LogP contribution in [0.3, 0.4) is 0 Å². The highest BCUT2D eigenvalue weighted by atomic mass is 79.9. The average Bonchev–Trinajstić information content (AvgIpc) is 2.54. The number of hydrogen-bond donors (Lipinski definition) is 0. The Balaban J connectivity index is 1.89. The zero-order valence-electron chi connectivity index (χ0n) is 12.7. The van der Waals surface area contributed by atoms with Crippen molar-refractivity contribution in [2.75, 3.05) is 12.8 Å². The summed E-state index contributed by atoms with van der Waals surface area (Å²) in [5.41, 5.74) is 0.176. The van der Waals surface area contributed by atoms with Gasteiger partial charge in [0.15, 0.2) is 0 Å². The van der Waals surface area contributed by atoms with E-state index in [9.17, 15) is 18.0 Å². The predicted molar refractivity (Wildman–Crippen MR) is 90.6 cm³/mol. The van der Waals surface area contributed by atoms with Crippen LogP contribution in [0.5, 0.6) is 0 Å². The molecule has 0 radical (unpaired) electrons. The van der Waals surface area contributed by atoms with Gasteiger partial charge >= 0.3 is 6.18 Å². The van der Waals surface area contributed by atoms with E-state index in [1.807, 2.05) is 24.3 Å². The second kappa shape index (κ2) is 8.02. The SMILES string of the molecule is CN(Cc1ccccc1Br)C(=O)CSc1ccc(C(F)(F)F)cn1. The van der Waals surface area contributed by atoms with Gasteiger partial charge in [-0.15, -0.1) is 0 Å². The maximum Gasteiger partial charge on any atom is 0.417 e. The molecule has 0 aliphatic heterocycles. The molecular weight excluding hydrogens is 405 g/mol. The lowest BCUT2D eigenvalue weighted by molar-refractivity contribution is -0.138. The molecule has 0 saturated heterocycles. The van der Waals surface area contributed by atoms with Crippen LogP contribution < -0.4 is 0 Å². The van der Waals surface area contributed by atoms with E-state index in [1.54, 1.807) is 11.9 Å². The standard InChI is InChI=1S/C16H14BrF3N2OS/c1-22(9-11-4-2-3-5-13(11)17)15(23)10-24-14-7-6-12(8-21-14)16(18,19)20/h2-8H,9-10H2,1H3. The van der Waals surface area contributed by atoms with Crippen LogP contribution in [0.1, 0.15) is 11.1 Å². The van der Waals surface area contributed by atoms with Crippen LogP contribution in [0, 0.1) is 0 Å². The first-order valence-electron chi connectivity index (χ1n) is 6.91. The Morgan fingerprint density at radius 3 is 2.54 bits per heavy atom. The van der Waals surface area contributed by atoms with Gasteiger partial charge in [0.25, 0.3) is 0 Å². The third-order valence-corrected chi connectivity index (χ3v) is 4.90. The molecule has 0 saturated carbocycles. The second-order valence-corrected chi connectivity index (χ2v) is 6.86. The van der Waals surface area contributed by atoms with Crippen LogP contribution in [0.25, 0.3) is 0 Å². The Hall–Kier alpha value is -1.54. The van der Waals surface area contributed by atoms with Gasteiger partial charge in [0.2, 0.25) is 5.91 Å². The lowest BCUT2D eigenvalue weighted by Gasteiger charge is -2.18. The molecule has 8 heteroatoms. The fourth-order valence-corrected chi connectivity index (χ4v) is 3.04. The van der Waals surface area contributed by atoms with Crippen molar-refractivity contribution in [1.82, 2.24) is 9.88 Å². The highest BCUT2D eigenvalue weighted by molar-refractivity contribution is 9.10. The smallest absolute Gasteiger partial charge is 0.341 e. The van der Waals surface area contributed by atoms with Crippen molar-refractivity contribution in [2.24, 2.45) is 0 Å². The number of aromatic nitrogens is 1. The summed E-state index contributed by atoms with van der Waals surface area (Å²) in [5, 5.41) is 0.380. The van der Waals surface area contributed by atoms with Crippen LogP contribution in [0.15, 0.2) is 52.1 Å². The lowest BCUT2D eigenvalue weighted by atomic mass is 10.2. The van der Waals surface area contributed by atoms with Gasteiger partial charge in [-0.25, -0.2) is 4.98 Å². The zero-order chi connectivity index (χ0) is 17.7. The topological polar surface area (TPSA) is 33.2 Å². The minimum atomic E-state index is -4.41. The average molecular weight is 419 g/mol. The fourth-order valence-electron chi connectivity index (χ4n) is 1.85. The number of amides is 1. The number of pyridine rings is 1. The summed E-state index contributed by atoms with van der Waals surface area (Å²) in [4.78, 5) is 17.4. The second-order valence-electron chi connectivity index (χ2n) is 5.01. The first-order valence-corrected chi connectivity index (χ1v) is 8.68. The van der Waals surface area contributed by atoms with Crippen molar-refractivity contribution >= 4 is 33.6 Å². The van der Waals surface area contributed by atoms with Gasteiger partial charge in [-0.05, 0) is 23.8 Å². The number of nitrogens with zero attached hydrogens (tertiary/aromatic N) is 2. The zero-order valence-corrected chi connectivity index (χ0v) is 15.1. The largest absolute Gasteiger partial charge is 0.417 e. The van der Waals surface area contributed by atoms with Gasteiger partial charge in [0.05, 0.1) is 16.3 Å². The monoisotopic (exact) mass is 418 g/mol. The van der Waals surface area contributed by atoms with Crippen LogP contribution in [0.2, 0.25) is 0 Å². The molecule has 2 rings (SSSR count). The molecule has 128 valence electrons. The maximum absolute atomic E-state index is 12.5. The van der Waals surface area contributed by atoms with E-state index in [1.165, 1.54) is 6.07 Å². The minimum absolute atomic E-state index is 0.110. The molecule has 24 heavy (non-hydrogen) atoms. The van der Waals surface area contributed by atoms with Crippen molar-refractivity contribution in [1.29, 1.82) is 0 Å². The van der Waals surface area contributed by atoms with Gasteiger partial charge < -0.3 is 4.90 Å². The van der Waals surface area contributed by atoms with Gasteiger partial charge in [0.1, 0.15) is 0 Å². The van der Waals surface area contributed by atoms with E-state index >= 15 is 0 Å². The van der Waals surface area contributed by atoms with E-state index < -0.39 is 11.7 Å². The molecule has 3 nitrogen and oxygen atoms in total. The Kier molecular flexibility index (Phi) is 6.28. The molecule has 1 amide bonds. The summed E-state index contributed by atoms with van der Waals surface area (Å²) in [6.45, 7) is 0.446. The number of benzene rings is 1. The Labute approximate surface area is 150 Å². The van der Waals surface area contributed by atoms with E-state index in [4.69, 9.17) is 0 Å². The van der Waals surface area contributed by atoms with E-state index in [2.05, 4.69) is 20.9 Å². The molecule has 0 fully saturated rings. The predicted octanol–water partition coefficient (Wildman–Crippen LogP) is 4.61. The van der Waals surface area contributed by atoms with Crippen molar-refractivity contribution in [3.63, 3.8) is 0 Å². The highest BCUT2D eigenvalue weighted by Gasteiger charge is 2.30. The van der Waals surface area contributed by atoms with Gasteiger partial charge in [-0.2, -0.15) is 13.2 Å². The molecule has 1 aromatic carbocycles. The molecule has 0 atom stereocenters. The number of carbonyl (C=O) groups is 1. The lowest BCUT2D eigenvalue weighted by Crippen LogP contribution is -2.27. The van der Waals surface area contributed by atoms with Crippen LogP contribution >= 0.6 is 27.7 Å². The van der Waals surface area contributed by atoms with Crippen LogP contribution in [0.4, 0.5) is 13.2 Å². The number of alkyl halides is 3. The summed E-state index contributed by atoms with van der Waals surface area (Å²) >= 11 is 4.54. The molecular formula is C16H14BrF3N2OS. The van der Waals surface area contributed by atoms with Crippen LogP contribution in [-0.2, 0) is 17.5 Å². The summed E-state index contributed by atoms with van der Waals surface area (Å²) in [5.74, 6) is -0.0169. The maximum atomic E-state index is 12.5. The molecule has 0 aliphatic rings. The number of carbonyl (C=O) groups excluding carboxylic acids is 1.